The van der Waals surface area contributed by atoms with Crippen molar-refractivity contribution in [1.29, 1.82) is 0 Å². The Hall–Kier alpha value is -2.26. The van der Waals surface area contributed by atoms with E-state index < -0.39 is 17.8 Å². The zero-order chi connectivity index (χ0) is 21.9. The van der Waals surface area contributed by atoms with E-state index in [0.717, 1.165) is 25.6 Å². The number of nitrogens with zero attached hydrogens (tertiary/aromatic N) is 3. The summed E-state index contributed by atoms with van der Waals surface area (Å²) >= 11 is 6.25. The molecule has 164 valence electrons. The van der Waals surface area contributed by atoms with Gasteiger partial charge in [-0.1, -0.05) is 18.5 Å². The van der Waals surface area contributed by atoms with Crippen LogP contribution < -0.4 is 5.73 Å². The van der Waals surface area contributed by atoms with Crippen LogP contribution in [0, 0.1) is 5.92 Å². The molecule has 0 aliphatic carbocycles. The zero-order valence-electron chi connectivity index (χ0n) is 16.7. The van der Waals surface area contributed by atoms with Gasteiger partial charge in [0.25, 0.3) is 5.91 Å². The lowest BCUT2D eigenvalue weighted by Crippen LogP contribution is -2.42. The molecule has 2 aromatic rings. The first kappa shape index (κ1) is 22.4. The lowest BCUT2D eigenvalue weighted by molar-refractivity contribution is -0.141. The molecular formula is C20H25ClF3N5O. The summed E-state index contributed by atoms with van der Waals surface area (Å²) in [6, 6.07) is 5.69. The van der Waals surface area contributed by atoms with E-state index in [9.17, 15) is 18.0 Å². The number of hydrogen-bond acceptors (Lipinski definition) is 4. The van der Waals surface area contributed by atoms with Crippen molar-refractivity contribution in [1.82, 2.24) is 20.0 Å². The van der Waals surface area contributed by atoms with Crippen LogP contribution in [0.15, 0.2) is 24.3 Å². The number of likely N-dealkylation sites (tertiary alicyclic amines) is 1. The summed E-state index contributed by atoms with van der Waals surface area (Å²) < 4.78 is 38.7. The van der Waals surface area contributed by atoms with E-state index >= 15 is 0 Å². The highest BCUT2D eigenvalue weighted by Crippen LogP contribution is 2.28. The SMILES string of the molecule is CC1CCCN(CCN(Cc2cc(N)ccc2Cl)C(=O)c2cc(C(F)(F)F)n[nH]2)C1. The molecule has 10 heteroatoms. The number of aromatic nitrogens is 2. The van der Waals surface area contributed by atoms with Crippen LogP contribution in [0.25, 0.3) is 0 Å². The first-order valence-corrected chi connectivity index (χ1v) is 10.2. The molecule has 0 saturated carbocycles. The van der Waals surface area contributed by atoms with E-state index in [0.29, 0.717) is 35.3 Å². The summed E-state index contributed by atoms with van der Waals surface area (Å²) in [5.74, 6) is 0.00904. The highest BCUT2D eigenvalue weighted by Gasteiger charge is 2.35. The number of carbonyl (C=O) groups is 1. The van der Waals surface area contributed by atoms with Crippen molar-refractivity contribution >= 4 is 23.2 Å². The Morgan fingerprint density at radius 1 is 1.40 bits per heavy atom. The smallest absolute Gasteiger partial charge is 0.399 e. The number of aromatic amines is 1. The number of amides is 1. The van der Waals surface area contributed by atoms with Gasteiger partial charge in [-0.2, -0.15) is 18.3 Å². The Kier molecular flexibility index (Phi) is 6.92. The largest absolute Gasteiger partial charge is 0.435 e. The van der Waals surface area contributed by atoms with E-state index in [4.69, 9.17) is 17.3 Å². The number of carbonyl (C=O) groups excluding carboxylic acids is 1. The van der Waals surface area contributed by atoms with Gasteiger partial charge in [-0.3, -0.25) is 9.89 Å². The quantitative estimate of drug-likeness (QED) is 0.660. The van der Waals surface area contributed by atoms with E-state index in [2.05, 4.69) is 22.0 Å². The Morgan fingerprint density at radius 2 is 2.17 bits per heavy atom. The summed E-state index contributed by atoms with van der Waals surface area (Å²) in [4.78, 5) is 16.8. The van der Waals surface area contributed by atoms with E-state index in [1.807, 2.05) is 0 Å². The van der Waals surface area contributed by atoms with Gasteiger partial charge in [-0.05, 0) is 49.1 Å². The molecule has 0 spiro atoms. The number of piperidine rings is 1. The summed E-state index contributed by atoms with van der Waals surface area (Å²) in [5.41, 5.74) is 5.62. The van der Waals surface area contributed by atoms with Crippen LogP contribution >= 0.6 is 11.6 Å². The number of alkyl halides is 3. The number of nitrogens with one attached hydrogen (secondary N) is 1. The Balaban J connectivity index is 1.79. The second kappa shape index (κ2) is 9.26. The molecule has 0 bridgehead atoms. The Bertz CT molecular complexity index is 886. The van der Waals surface area contributed by atoms with Crippen molar-refractivity contribution in [3.8, 4) is 0 Å². The van der Waals surface area contributed by atoms with E-state index in [1.54, 1.807) is 18.2 Å². The molecule has 1 amide bonds. The number of rotatable bonds is 6. The Morgan fingerprint density at radius 3 is 2.83 bits per heavy atom. The fourth-order valence-electron chi connectivity index (χ4n) is 3.67. The van der Waals surface area contributed by atoms with E-state index in [-0.39, 0.29) is 12.2 Å². The maximum atomic E-state index is 13.0. The number of anilines is 1. The zero-order valence-corrected chi connectivity index (χ0v) is 17.4. The van der Waals surface area contributed by atoms with Gasteiger partial charge in [0.1, 0.15) is 5.69 Å². The summed E-state index contributed by atoms with van der Waals surface area (Å²) in [6.07, 6.45) is -2.36. The van der Waals surface area contributed by atoms with Gasteiger partial charge in [0.05, 0.1) is 0 Å². The summed E-state index contributed by atoms with van der Waals surface area (Å²) in [6.45, 7) is 5.15. The molecule has 2 heterocycles. The standard InChI is InChI=1S/C20H25ClF3N5O/c1-13-3-2-6-28(11-13)7-8-29(12-14-9-15(25)4-5-16(14)21)19(30)17-10-18(27-26-17)20(22,23)24/h4-5,9-10,13H,2-3,6-8,11-12,25H2,1H3,(H,26,27). The fourth-order valence-corrected chi connectivity index (χ4v) is 3.85. The Labute approximate surface area is 178 Å². The van der Waals surface area contributed by atoms with Crippen LogP contribution in [-0.4, -0.2) is 52.1 Å². The van der Waals surface area contributed by atoms with Crippen molar-refractivity contribution in [3.05, 3.63) is 46.2 Å². The minimum Gasteiger partial charge on any atom is -0.399 e. The molecular weight excluding hydrogens is 419 g/mol. The van der Waals surface area contributed by atoms with Crippen LogP contribution in [0.3, 0.4) is 0 Å². The molecule has 1 aliphatic rings. The molecule has 6 nitrogen and oxygen atoms in total. The number of nitrogen functional groups attached to an aromatic ring is 1. The highest BCUT2D eigenvalue weighted by atomic mass is 35.5. The van der Waals surface area contributed by atoms with Gasteiger partial charge < -0.3 is 15.5 Å². The van der Waals surface area contributed by atoms with Crippen LogP contribution in [0.2, 0.25) is 5.02 Å². The fraction of sp³-hybridized carbons (Fsp3) is 0.500. The van der Waals surface area contributed by atoms with Crippen LogP contribution in [0.4, 0.5) is 18.9 Å². The highest BCUT2D eigenvalue weighted by molar-refractivity contribution is 6.31. The molecule has 1 aromatic heterocycles. The van der Waals surface area contributed by atoms with Crippen molar-refractivity contribution < 1.29 is 18.0 Å². The topological polar surface area (TPSA) is 78.2 Å². The lowest BCUT2D eigenvalue weighted by Gasteiger charge is -2.33. The van der Waals surface area contributed by atoms with Gasteiger partial charge in [-0.25, -0.2) is 0 Å². The van der Waals surface area contributed by atoms with Crippen molar-refractivity contribution in [3.63, 3.8) is 0 Å². The molecule has 3 rings (SSSR count). The average molecular weight is 444 g/mol. The number of benzene rings is 1. The summed E-state index contributed by atoms with van der Waals surface area (Å²) in [7, 11) is 0. The minimum atomic E-state index is -4.62. The van der Waals surface area contributed by atoms with Crippen LogP contribution in [0.5, 0.6) is 0 Å². The average Bonchev–Trinajstić information content (AvgIpc) is 3.18. The van der Waals surface area contributed by atoms with Crippen molar-refractivity contribution in [2.45, 2.75) is 32.5 Å². The van der Waals surface area contributed by atoms with Crippen LogP contribution in [-0.2, 0) is 12.7 Å². The first-order chi connectivity index (χ1) is 14.1. The first-order valence-electron chi connectivity index (χ1n) is 9.81. The molecule has 1 unspecified atom stereocenters. The summed E-state index contributed by atoms with van der Waals surface area (Å²) in [5, 5.41) is 5.89. The van der Waals surface area contributed by atoms with Gasteiger partial charge in [0.15, 0.2) is 5.69 Å². The molecule has 3 N–H and O–H groups in total. The molecule has 1 fully saturated rings. The maximum Gasteiger partial charge on any atom is 0.435 e. The van der Waals surface area contributed by atoms with Crippen LogP contribution in [0.1, 0.15) is 41.5 Å². The number of halogens is 4. The number of hydrogen-bond donors (Lipinski definition) is 2. The lowest BCUT2D eigenvalue weighted by atomic mass is 10.0. The second-order valence-electron chi connectivity index (χ2n) is 7.79. The molecule has 0 radical (unpaired) electrons. The third-order valence-corrected chi connectivity index (χ3v) is 5.61. The number of H-pyrrole nitrogens is 1. The molecule has 1 aliphatic heterocycles. The molecule has 1 atom stereocenters. The van der Waals surface area contributed by atoms with Crippen molar-refractivity contribution in [2.24, 2.45) is 5.92 Å². The van der Waals surface area contributed by atoms with Gasteiger partial charge in [0, 0.05) is 43.0 Å². The van der Waals surface area contributed by atoms with Gasteiger partial charge >= 0.3 is 6.18 Å². The predicted molar refractivity (Wildman–Crippen MR) is 109 cm³/mol. The third kappa shape index (κ3) is 5.66. The number of nitrogens with two attached hydrogens (primary N) is 1. The maximum absolute atomic E-state index is 13.0. The third-order valence-electron chi connectivity index (χ3n) is 5.24. The molecule has 1 saturated heterocycles. The van der Waals surface area contributed by atoms with Crippen molar-refractivity contribution in [2.75, 3.05) is 31.9 Å². The molecule has 30 heavy (non-hydrogen) atoms. The molecule has 1 aromatic carbocycles. The normalized spacial score (nSPS) is 17.8. The minimum absolute atomic E-state index is 0.131. The van der Waals surface area contributed by atoms with E-state index in [1.165, 1.54) is 11.3 Å². The second-order valence-corrected chi connectivity index (χ2v) is 8.20. The van der Waals surface area contributed by atoms with Gasteiger partial charge in [-0.15, -0.1) is 0 Å². The van der Waals surface area contributed by atoms with Gasteiger partial charge in [0.2, 0.25) is 0 Å². The monoisotopic (exact) mass is 443 g/mol. The predicted octanol–water partition coefficient (Wildman–Crippen LogP) is 4.04.